The molecule has 0 aromatic heterocycles. The standard InChI is InChI=1S/C14H21N3O2S/c1-3-17(9-13(19)16-2)8-12(18)10-4-6-11(7-5-10)14(15)20/h4-7,12,18H,3,8-9H2,1-2H3,(H2,15,20)(H,16,19). The van der Waals surface area contributed by atoms with E-state index in [1.807, 2.05) is 11.8 Å². The monoisotopic (exact) mass is 295 g/mol. The predicted octanol–water partition coefficient (Wildman–Crippen LogP) is 0.422. The zero-order valence-electron chi connectivity index (χ0n) is 11.8. The van der Waals surface area contributed by atoms with E-state index in [2.05, 4.69) is 5.32 Å². The molecule has 5 nitrogen and oxygen atoms in total. The summed E-state index contributed by atoms with van der Waals surface area (Å²) in [6.07, 6.45) is -0.653. The first-order valence-corrected chi connectivity index (χ1v) is 6.89. The quantitative estimate of drug-likeness (QED) is 0.636. The molecule has 20 heavy (non-hydrogen) atoms. The Morgan fingerprint density at radius 1 is 1.45 bits per heavy atom. The van der Waals surface area contributed by atoms with Crippen LogP contribution in [0.15, 0.2) is 24.3 Å². The Morgan fingerprint density at radius 3 is 2.50 bits per heavy atom. The molecule has 0 spiro atoms. The Labute approximate surface area is 124 Å². The van der Waals surface area contributed by atoms with Crippen molar-refractivity contribution in [3.05, 3.63) is 35.4 Å². The van der Waals surface area contributed by atoms with Crippen molar-refractivity contribution in [1.29, 1.82) is 0 Å². The lowest BCUT2D eigenvalue weighted by Gasteiger charge is -2.23. The number of carbonyl (C=O) groups excluding carboxylic acids is 1. The molecule has 0 aliphatic rings. The van der Waals surface area contributed by atoms with Gasteiger partial charge in [-0.25, -0.2) is 0 Å². The topological polar surface area (TPSA) is 78.6 Å². The zero-order chi connectivity index (χ0) is 15.1. The number of hydrogen-bond acceptors (Lipinski definition) is 4. The van der Waals surface area contributed by atoms with Gasteiger partial charge in [-0.2, -0.15) is 0 Å². The van der Waals surface area contributed by atoms with Crippen molar-refractivity contribution in [2.75, 3.05) is 26.7 Å². The zero-order valence-corrected chi connectivity index (χ0v) is 12.6. The minimum atomic E-state index is -0.653. The maximum atomic E-state index is 11.4. The van der Waals surface area contributed by atoms with Crippen molar-refractivity contribution in [1.82, 2.24) is 10.2 Å². The van der Waals surface area contributed by atoms with E-state index in [1.54, 1.807) is 31.3 Å². The molecule has 0 bridgehead atoms. The fraction of sp³-hybridized carbons (Fsp3) is 0.429. The summed E-state index contributed by atoms with van der Waals surface area (Å²) in [5.74, 6) is -0.0668. The molecule has 0 aliphatic heterocycles. The van der Waals surface area contributed by atoms with Gasteiger partial charge in [0.15, 0.2) is 0 Å². The van der Waals surface area contributed by atoms with Crippen molar-refractivity contribution in [2.45, 2.75) is 13.0 Å². The fourth-order valence-electron chi connectivity index (χ4n) is 1.81. The van der Waals surface area contributed by atoms with Gasteiger partial charge in [0.05, 0.1) is 12.6 Å². The summed E-state index contributed by atoms with van der Waals surface area (Å²) in [6.45, 7) is 3.31. The maximum Gasteiger partial charge on any atom is 0.233 e. The molecule has 110 valence electrons. The van der Waals surface area contributed by atoms with Crippen LogP contribution in [0.4, 0.5) is 0 Å². The smallest absolute Gasteiger partial charge is 0.233 e. The molecule has 0 saturated heterocycles. The van der Waals surface area contributed by atoms with Crippen LogP contribution in [0.1, 0.15) is 24.2 Å². The van der Waals surface area contributed by atoms with Gasteiger partial charge in [-0.05, 0) is 12.1 Å². The van der Waals surface area contributed by atoms with E-state index < -0.39 is 6.10 Å². The SMILES string of the molecule is CCN(CC(=O)NC)CC(O)c1ccc(C(N)=S)cc1. The van der Waals surface area contributed by atoms with Crippen molar-refractivity contribution in [3.63, 3.8) is 0 Å². The lowest BCUT2D eigenvalue weighted by Crippen LogP contribution is -2.37. The first kappa shape index (κ1) is 16.6. The van der Waals surface area contributed by atoms with Crippen LogP contribution >= 0.6 is 12.2 Å². The van der Waals surface area contributed by atoms with Crippen molar-refractivity contribution in [2.24, 2.45) is 5.73 Å². The minimum Gasteiger partial charge on any atom is -0.389 e. The van der Waals surface area contributed by atoms with E-state index in [-0.39, 0.29) is 12.5 Å². The van der Waals surface area contributed by atoms with Gasteiger partial charge in [0.1, 0.15) is 4.99 Å². The average Bonchev–Trinajstić information content (AvgIpc) is 2.46. The normalized spacial score (nSPS) is 12.2. The number of amides is 1. The molecular weight excluding hydrogens is 274 g/mol. The molecule has 0 fully saturated rings. The third-order valence-electron chi connectivity index (χ3n) is 3.10. The van der Waals surface area contributed by atoms with Gasteiger partial charge in [0.25, 0.3) is 0 Å². The Morgan fingerprint density at radius 2 is 2.05 bits per heavy atom. The number of thiocarbonyl (C=S) groups is 1. The van der Waals surface area contributed by atoms with Crippen LogP contribution < -0.4 is 11.1 Å². The van der Waals surface area contributed by atoms with Crippen LogP contribution in [0.3, 0.4) is 0 Å². The van der Waals surface area contributed by atoms with E-state index >= 15 is 0 Å². The number of rotatable bonds is 7. The highest BCUT2D eigenvalue weighted by Crippen LogP contribution is 2.15. The molecule has 1 unspecified atom stereocenters. The number of aliphatic hydroxyl groups is 1. The van der Waals surface area contributed by atoms with Crippen LogP contribution in [0.5, 0.6) is 0 Å². The Hall–Kier alpha value is -1.50. The van der Waals surface area contributed by atoms with Crippen LogP contribution in [-0.4, -0.2) is 47.6 Å². The summed E-state index contributed by atoms with van der Waals surface area (Å²) in [7, 11) is 1.60. The Bertz CT molecular complexity index is 462. The Balaban J connectivity index is 2.66. The summed E-state index contributed by atoms with van der Waals surface area (Å²) in [5, 5.41) is 12.8. The molecule has 1 aromatic rings. The molecular formula is C14H21N3O2S. The first-order chi connectivity index (χ1) is 9.47. The number of carbonyl (C=O) groups is 1. The molecule has 0 aliphatic carbocycles. The average molecular weight is 295 g/mol. The predicted molar refractivity (Wildman–Crippen MR) is 83.5 cm³/mol. The molecule has 1 rings (SSSR count). The number of nitrogens with one attached hydrogen (secondary N) is 1. The van der Waals surface area contributed by atoms with Crippen molar-refractivity contribution < 1.29 is 9.90 Å². The molecule has 1 aromatic carbocycles. The fourth-order valence-corrected chi connectivity index (χ4v) is 1.94. The van der Waals surface area contributed by atoms with Crippen molar-refractivity contribution in [3.8, 4) is 0 Å². The largest absolute Gasteiger partial charge is 0.389 e. The van der Waals surface area contributed by atoms with Crippen LogP contribution in [-0.2, 0) is 4.79 Å². The van der Waals surface area contributed by atoms with Gasteiger partial charge in [0, 0.05) is 19.2 Å². The van der Waals surface area contributed by atoms with Crippen molar-refractivity contribution >= 4 is 23.1 Å². The van der Waals surface area contributed by atoms with Gasteiger partial charge >= 0.3 is 0 Å². The highest BCUT2D eigenvalue weighted by molar-refractivity contribution is 7.80. The molecule has 6 heteroatoms. The summed E-state index contributed by atoms with van der Waals surface area (Å²) >= 11 is 4.88. The highest BCUT2D eigenvalue weighted by atomic mass is 32.1. The Kier molecular flexibility index (Phi) is 6.57. The number of nitrogens with zero attached hydrogens (tertiary/aromatic N) is 1. The van der Waals surface area contributed by atoms with Gasteiger partial charge in [-0.1, -0.05) is 43.4 Å². The number of nitrogens with two attached hydrogens (primary N) is 1. The number of hydrogen-bond donors (Lipinski definition) is 3. The minimum absolute atomic E-state index is 0.0668. The lowest BCUT2D eigenvalue weighted by atomic mass is 10.1. The van der Waals surface area contributed by atoms with Gasteiger partial charge in [-0.15, -0.1) is 0 Å². The molecule has 1 amide bonds. The van der Waals surface area contributed by atoms with Crippen LogP contribution in [0.2, 0.25) is 0 Å². The number of likely N-dealkylation sites (N-methyl/N-ethyl adjacent to an activating group) is 2. The van der Waals surface area contributed by atoms with Gasteiger partial charge in [-0.3, -0.25) is 9.69 Å². The number of aliphatic hydroxyl groups excluding tert-OH is 1. The van der Waals surface area contributed by atoms with Gasteiger partial charge < -0.3 is 16.2 Å². The van der Waals surface area contributed by atoms with Crippen LogP contribution in [0.25, 0.3) is 0 Å². The van der Waals surface area contributed by atoms with E-state index in [4.69, 9.17) is 18.0 Å². The van der Waals surface area contributed by atoms with E-state index in [0.29, 0.717) is 18.1 Å². The third-order valence-corrected chi connectivity index (χ3v) is 3.34. The van der Waals surface area contributed by atoms with Crippen LogP contribution in [0, 0.1) is 0 Å². The number of benzene rings is 1. The second-order valence-electron chi connectivity index (χ2n) is 4.50. The summed E-state index contributed by atoms with van der Waals surface area (Å²) in [6, 6.07) is 7.17. The second-order valence-corrected chi connectivity index (χ2v) is 4.94. The van der Waals surface area contributed by atoms with E-state index in [9.17, 15) is 9.90 Å². The first-order valence-electron chi connectivity index (χ1n) is 6.48. The maximum absolute atomic E-state index is 11.4. The summed E-state index contributed by atoms with van der Waals surface area (Å²) in [4.78, 5) is 13.6. The summed E-state index contributed by atoms with van der Waals surface area (Å²) < 4.78 is 0. The molecule has 1 atom stereocenters. The molecule has 0 heterocycles. The second kappa shape index (κ2) is 7.94. The molecule has 4 N–H and O–H groups in total. The molecule has 0 saturated carbocycles. The lowest BCUT2D eigenvalue weighted by molar-refractivity contribution is -0.122. The van der Waals surface area contributed by atoms with Gasteiger partial charge in [0.2, 0.25) is 5.91 Å². The highest BCUT2D eigenvalue weighted by Gasteiger charge is 2.14. The van der Waals surface area contributed by atoms with E-state index in [0.717, 1.165) is 11.1 Å². The summed E-state index contributed by atoms with van der Waals surface area (Å²) in [5.41, 5.74) is 7.08. The molecule has 0 radical (unpaired) electrons. The third kappa shape index (κ3) is 4.88. The van der Waals surface area contributed by atoms with E-state index in [1.165, 1.54) is 0 Å².